The van der Waals surface area contributed by atoms with Gasteiger partial charge in [-0.3, -0.25) is 19.3 Å². The van der Waals surface area contributed by atoms with E-state index in [-0.39, 0.29) is 29.6 Å². The molecule has 0 radical (unpaired) electrons. The highest BCUT2D eigenvalue weighted by Crippen LogP contribution is 2.47. The lowest BCUT2D eigenvalue weighted by Crippen LogP contribution is -2.31. The van der Waals surface area contributed by atoms with Gasteiger partial charge in [0.25, 0.3) is 0 Å². The second kappa shape index (κ2) is 7.13. The largest absolute Gasteiger partial charge is 0.347 e. The van der Waals surface area contributed by atoms with Crippen LogP contribution in [0.25, 0.3) is 0 Å². The normalized spacial score (nSPS) is 21.3. The third-order valence-electron chi connectivity index (χ3n) is 5.93. The molecule has 3 amide bonds. The van der Waals surface area contributed by atoms with Crippen LogP contribution in [-0.2, 0) is 19.8 Å². The Hall–Kier alpha value is -3.41. The Morgan fingerprint density at radius 1 is 1.10 bits per heavy atom. The number of hydrogen-bond donors (Lipinski definition) is 1. The zero-order valence-electron chi connectivity index (χ0n) is 17.6. The van der Waals surface area contributed by atoms with E-state index in [1.165, 1.54) is 17.4 Å². The van der Waals surface area contributed by atoms with Gasteiger partial charge in [0.2, 0.25) is 17.7 Å². The van der Waals surface area contributed by atoms with E-state index in [1.807, 2.05) is 25.3 Å². The number of carbonyl (C=O) groups excluding carboxylic acids is 3. The highest BCUT2D eigenvalue weighted by molar-refractivity contribution is 6.21. The van der Waals surface area contributed by atoms with Crippen molar-refractivity contribution in [1.82, 2.24) is 0 Å². The van der Waals surface area contributed by atoms with Crippen molar-refractivity contribution in [2.75, 3.05) is 22.2 Å². The second-order valence-corrected chi connectivity index (χ2v) is 8.36. The summed E-state index contributed by atoms with van der Waals surface area (Å²) in [6.45, 7) is 5.71. The average Bonchev–Trinajstić information content (AvgIpc) is 3.08. The first-order valence-corrected chi connectivity index (χ1v) is 10.00. The second-order valence-electron chi connectivity index (χ2n) is 8.36. The smallest absolute Gasteiger partial charge is 0.241 e. The van der Waals surface area contributed by atoms with Gasteiger partial charge >= 0.3 is 0 Å². The maximum atomic E-state index is 13.1. The van der Waals surface area contributed by atoms with Crippen molar-refractivity contribution in [3.63, 3.8) is 0 Å². The van der Waals surface area contributed by atoms with Crippen LogP contribution in [0.15, 0.2) is 60.3 Å². The summed E-state index contributed by atoms with van der Waals surface area (Å²) in [6.07, 6.45) is 2.10. The molecule has 1 N–H and O–H groups in total. The SMILES string of the molecule is CC(=O)Nc1ccc(N2C(=O)C[C@@H](/C=C3/N(C)c4ccccc4C3(C)C)C2=O)cc1. The number of amides is 3. The zero-order valence-corrected chi connectivity index (χ0v) is 17.6. The number of likely N-dealkylation sites (N-methyl/N-ethyl adjacent to an activating group) is 1. The van der Waals surface area contributed by atoms with Crippen LogP contribution >= 0.6 is 0 Å². The van der Waals surface area contributed by atoms with E-state index >= 15 is 0 Å². The molecule has 1 saturated heterocycles. The van der Waals surface area contributed by atoms with Crippen molar-refractivity contribution in [2.24, 2.45) is 5.92 Å². The van der Waals surface area contributed by atoms with Crippen molar-refractivity contribution in [1.29, 1.82) is 0 Å². The molecule has 2 aromatic carbocycles. The minimum absolute atomic E-state index is 0.149. The molecule has 0 unspecified atom stereocenters. The lowest BCUT2D eigenvalue weighted by molar-refractivity contribution is -0.122. The summed E-state index contributed by atoms with van der Waals surface area (Å²) in [5, 5.41) is 2.68. The van der Waals surface area contributed by atoms with Crippen LogP contribution in [0.2, 0.25) is 0 Å². The molecule has 0 saturated carbocycles. The highest BCUT2D eigenvalue weighted by Gasteiger charge is 2.43. The summed E-state index contributed by atoms with van der Waals surface area (Å²) in [5.74, 6) is -1.12. The van der Waals surface area contributed by atoms with Gasteiger partial charge in [0, 0.05) is 42.9 Å². The van der Waals surface area contributed by atoms with Gasteiger partial charge in [0.15, 0.2) is 0 Å². The Labute approximate surface area is 176 Å². The molecule has 2 heterocycles. The maximum Gasteiger partial charge on any atom is 0.241 e. The third-order valence-corrected chi connectivity index (χ3v) is 5.93. The topological polar surface area (TPSA) is 69.7 Å². The standard InChI is InChI=1S/C24H25N3O3/c1-15(28)25-17-9-11-18(12-10-17)27-22(29)14-16(23(27)30)13-21-24(2,3)19-7-5-6-8-20(19)26(21)4/h5-13,16H,14H2,1-4H3,(H,25,28)/b21-13+/t16-/m1/s1. The van der Waals surface area contributed by atoms with Gasteiger partial charge < -0.3 is 10.2 Å². The first-order valence-electron chi connectivity index (χ1n) is 10.00. The Morgan fingerprint density at radius 2 is 1.77 bits per heavy atom. The molecule has 4 rings (SSSR count). The first-order chi connectivity index (χ1) is 14.2. The summed E-state index contributed by atoms with van der Waals surface area (Å²) in [4.78, 5) is 40.4. The number of rotatable bonds is 3. The fraction of sp³-hybridized carbons (Fsp3) is 0.292. The number of imide groups is 1. The molecule has 0 aliphatic carbocycles. The van der Waals surface area contributed by atoms with E-state index in [4.69, 9.17) is 0 Å². The molecule has 2 aromatic rings. The van der Waals surface area contributed by atoms with Gasteiger partial charge in [-0.15, -0.1) is 0 Å². The monoisotopic (exact) mass is 403 g/mol. The number of benzene rings is 2. The number of hydrogen-bond acceptors (Lipinski definition) is 4. The van der Waals surface area contributed by atoms with Crippen LogP contribution in [0, 0.1) is 5.92 Å². The van der Waals surface area contributed by atoms with E-state index in [2.05, 4.69) is 36.2 Å². The fourth-order valence-electron chi connectivity index (χ4n) is 4.45. The number of carbonyl (C=O) groups is 3. The summed E-state index contributed by atoms with van der Waals surface area (Å²) in [6, 6.07) is 14.9. The Morgan fingerprint density at radius 3 is 2.40 bits per heavy atom. The van der Waals surface area contributed by atoms with Crippen molar-refractivity contribution in [3.05, 3.63) is 65.9 Å². The maximum absolute atomic E-state index is 13.1. The molecule has 1 fully saturated rings. The van der Waals surface area contributed by atoms with Crippen molar-refractivity contribution >= 4 is 34.8 Å². The summed E-state index contributed by atoms with van der Waals surface area (Å²) in [7, 11) is 2.00. The number of nitrogens with one attached hydrogen (secondary N) is 1. The van der Waals surface area contributed by atoms with Gasteiger partial charge in [0.1, 0.15) is 0 Å². The van der Waals surface area contributed by atoms with Gasteiger partial charge in [-0.05, 0) is 35.9 Å². The minimum Gasteiger partial charge on any atom is -0.347 e. The quantitative estimate of drug-likeness (QED) is 0.791. The lowest BCUT2D eigenvalue weighted by Gasteiger charge is -2.25. The Kier molecular flexibility index (Phi) is 4.73. The minimum atomic E-state index is -0.501. The van der Waals surface area contributed by atoms with Crippen molar-refractivity contribution < 1.29 is 14.4 Å². The van der Waals surface area contributed by atoms with E-state index in [0.29, 0.717) is 11.4 Å². The number of nitrogens with zero attached hydrogens (tertiary/aromatic N) is 2. The lowest BCUT2D eigenvalue weighted by atomic mass is 9.82. The van der Waals surface area contributed by atoms with Crippen LogP contribution < -0.4 is 15.1 Å². The van der Waals surface area contributed by atoms with Crippen LogP contribution in [0.4, 0.5) is 17.1 Å². The molecule has 1 atom stereocenters. The third kappa shape index (κ3) is 3.18. The predicted molar refractivity (Wildman–Crippen MR) is 117 cm³/mol. The summed E-state index contributed by atoms with van der Waals surface area (Å²) >= 11 is 0. The number of anilines is 3. The molecule has 0 aromatic heterocycles. The van der Waals surface area contributed by atoms with E-state index in [9.17, 15) is 14.4 Å². The van der Waals surface area contributed by atoms with Crippen molar-refractivity contribution in [2.45, 2.75) is 32.6 Å². The van der Waals surface area contributed by atoms with Gasteiger partial charge in [-0.25, -0.2) is 0 Å². The highest BCUT2D eigenvalue weighted by atomic mass is 16.2. The van der Waals surface area contributed by atoms with E-state index in [0.717, 1.165) is 11.4 Å². The Balaban J connectivity index is 1.61. The predicted octanol–water partition coefficient (Wildman–Crippen LogP) is 3.84. The van der Waals surface area contributed by atoms with E-state index in [1.54, 1.807) is 24.3 Å². The fourth-order valence-corrected chi connectivity index (χ4v) is 4.45. The molecule has 2 aliphatic heterocycles. The molecule has 0 bridgehead atoms. The molecule has 6 heteroatoms. The molecule has 154 valence electrons. The number of fused-ring (bicyclic) bond motifs is 1. The summed E-state index contributed by atoms with van der Waals surface area (Å²) in [5.41, 5.74) is 4.25. The van der Waals surface area contributed by atoms with Gasteiger partial charge in [0.05, 0.1) is 11.6 Å². The van der Waals surface area contributed by atoms with Gasteiger partial charge in [-0.2, -0.15) is 0 Å². The van der Waals surface area contributed by atoms with E-state index < -0.39 is 5.92 Å². The molecule has 0 spiro atoms. The van der Waals surface area contributed by atoms with Crippen LogP contribution in [0.1, 0.15) is 32.8 Å². The summed E-state index contributed by atoms with van der Waals surface area (Å²) < 4.78 is 0. The van der Waals surface area contributed by atoms with Crippen LogP contribution in [0.5, 0.6) is 0 Å². The van der Waals surface area contributed by atoms with Gasteiger partial charge in [-0.1, -0.05) is 38.1 Å². The zero-order chi connectivity index (χ0) is 21.6. The molecular weight excluding hydrogens is 378 g/mol. The number of para-hydroxylation sites is 1. The molecule has 30 heavy (non-hydrogen) atoms. The van der Waals surface area contributed by atoms with Crippen LogP contribution in [0.3, 0.4) is 0 Å². The average molecular weight is 403 g/mol. The number of allylic oxidation sites excluding steroid dienone is 1. The molecule has 2 aliphatic rings. The van der Waals surface area contributed by atoms with Crippen molar-refractivity contribution in [3.8, 4) is 0 Å². The Bertz CT molecular complexity index is 1070. The molecule has 6 nitrogen and oxygen atoms in total. The van der Waals surface area contributed by atoms with Crippen LogP contribution in [-0.4, -0.2) is 24.8 Å². The first kappa shape index (κ1) is 19.9. The molecular formula is C24H25N3O3.